The third-order valence-electron chi connectivity index (χ3n) is 1.42. The van der Waals surface area contributed by atoms with E-state index in [9.17, 15) is 9.59 Å². The van der Waals surface area contributed by atoms with Crippen LogP contribution in [-0.4, -0.2) is 25.0 Å². The molecule has 1 aliphatic rings. The Bertz CT molecular complexity index is 166. The van der Waals surface area contributed by atoms with Crippen LogP contribution in [0.15, 0.2) is 0 Å². The highest BCUT2D eigenvalue weighted by Gasteiger charge is 2.28. The van der Waals surface area contributed by atoms with Crippen molar-refractivity contribution in [1.82, 2.24) is 5.32 Å². The molecule has 0 aromatic rings. The first-order chi connectivity index (χ1) is 4.74. The van der Waals surface area contributed by atoms with E-state index in [2.05, 4.69) is 10.1 Å². The number of cyclic esters (lactones) is 1. The minimum Gasteiger partial charge on any atom is -0.452 e. The molecule has 1 rings (SSSR count). The molecule has 1 atom stereocenters. The Morgan fingerprint density at radius 3 is 2.90 bits per heavy atom. The highest BCUT2D eigenvalue weighted by Crippen LogP contribution is 2.12. The highest BCUT2D eigenvalue weighted by atomic mass is 16.6. The van der Waals surface area contributed by atoms with E-state index < -0.39 is 6.10 Å². The number of hydrogen-bond donors (Lipinski definition) is 1. The summed E-state index contributed by atoms with van der Waals surface area (Å²) >= 11 is 0. The van der Waals surface area contributed by atoms with Crippen molar-refractivity contribution in [2.24, 2.45) is 0 Å². The van der Waals surface area contributed by atoms with Gasteiger partial charge in [-0.1, -0.05) is 0 Å². The number of carbonyl (C=O) groups is 2. The van der Waals surface area contributed by atoms with Crippen LogP contribution in [0.5, 0.6) is 0 Å². The molecule has 56 valence electrons. The zero-order valence-corrected chi connectivity index (χ0v) is 5.72. The van der Waals surface area contributed by atoms with Gasteiger partial charge < -0.3 is 10.1 Å². The van der Waals surface area contributed by atoms with Crippen LogP contribution >= 0.6 is 0 Å². The molecule has 0 saturated carbocycles. The maximum atomic E-state index is 10.8. The number of nitrogens with one attached hydrogen (secondary N) is 1. The van der Waals surface area contributed by atoms with Gasteiger partial charge in [-0.25, -0.2) is 0 Å². The number of rotatable bonds is 1. The first-order valence-electron chi connectivity index (χ1n) is 3.15. The van der Waals surface area contributed by atoms with Gasteiger partial charge in [0.1, 0.15) is 0 Å². The fourth-order valence-corrected chi connectivity index (χ4v) is 0.871. The summed E-state index contributed by atoms with van der Waals surface area (Å²) in [5.74, 6) is -0.501. The van der Waals surface area contributed by atoms with Crippen LogP contribution in [0.4, 0.5) is 0 Å². The molecule has 0 aliphatic carbocycles. The molecule has 0 aromatic carbocycles. The van der Waals surface area contributed by atoms with Crippen LogP contribution in [-0.2, 0) is 14.3 Å². The molecule has 0 bridgehead atoms. The average molecular weight is 143 g/mol. The van der Waals surface area contributed by atoms with Crippen LogP contribution in [0.25, 0.3) is 0 Å². The lowest BCUT2D eigenvalue weighted by atomic mass is 10.2. The number of amides is 1. The van der Waals surface area contributed by atoms with Crippen molar-refractivity contribution in [1.29, 1.82) is 0 Å². The topological polar surface area (TPSA) is 55.4 Å². The molecule has 1 saturated heterocycles. The summed E-state index contributed by atoms with van der Waals surface area (Å²) in [7, 11) is 1.52. The minimum absolute atomic E-state index is 0.217. The SMILES string of the molecule is CNC(=O)[C@@H]1CCC(=O)O1. The largest absolute Gasteiger partial charge is 0.452 e. The zero-order valence-electron chi connectivity index (χ0n) is 5.72. The fourth-order valence-electron chi connectivity index (χ4n) is 0.871. The third-order valence-corrected chi connectivity index (χ3v) is 1.42. The van der Waals surface area contributed by atoms with Gasteiger partial charge in [-0.3, -0.25) is 9.59 Å². The van der Waals surface area contributed by atoms with Crippen LogP contribution in [0.3, 0.4) is 0 Å². The monoisotopic (exact) mass is 143 g/mol. The van der Waals surface area contributed by atoms with E-state index in [-0.39, 0.29) is 11.9 Å². The zero-order chi connectivity index (χ0) is 7.56. The van der Waals surface area contributed by atoms with Crippen molar-refractivity contribution in [2.45, 2.75) is 18.9 Å². The molecule has 1 heterocycles. The van der Waals surface area contributed by atoms with Crippen molar-refractivity contribution < 1.29 is 14.3 Å². The second kappa shape index (κ2) is 2.68. The van der Waals surface area contributed by atoms with Crippen molar-refractivity contribution in [3.8, 4) is 0 Å². The van der Waals surface area contributed by atoms with E-state index >= 15 is 0 Å². The van der Waals surface area contributed by atoms with Crippen molar-refractivity contribution >= 4 is 11.9 Å². The molecule has 10 heavy (non-hydrogen) atoms. The van der Waals surface area contributed by atoms with Crippen LogP contribution in [0.2, 0.25) is 0 Å². The van der Waals surface area contributed by atoms with Crippen LogP contribution in [0, 0.1) is 0 Å². The minimum atomic E-state index is -0.544. The van der Waals surface area contributed by atoms with Gasteiger partial charge in [0.2, 0.25) is 0 Å². The summed E-state index contributed by atoms with van der Waals surface area (Å²) in [6, 6.07) is 0. The van der Waals surface area contributed by atoms with E-state index in [4.69, 9.17) is 0 Å². The van der Waals surface area contributed by atoms with E-state index in [1.807, 2.05) is 0 Å². The maximum absolute atomic E-state index is 10.8. The van der Waals surface area contributed by atoms with Crippen molar-refractivity contribution in [3.05, 3.63) is 0 Å². The Balaban J connectivity index is 2.44. The standard InChI is InChI=1S/C6H9NO3/c1-7-6(9)4-2-3-5(8)10-4/h4H,2-3H2,1H3,(H,7,9)/t4-/m0/s1. The lowest BCUT2D eigenvalue weighted by molar-refractivity contribution is -0.147. The number of esters is 1. The lowest BCUT2D eigenvalue weighted by Gasteiger charge is -2.05. The Labute approximate surface area is 58.5 Å². The van der Waals surface area contributed by atoms with Crippen LogP contribution in [0.1, 0.15) is 12.8 Å². The molecular formula is C6H9NO3. The normalized spacial score (nSPS) is 24.1. The van der Waals surface area contributed by atoms with Gasteiger partial charge in [0, 0.05) is 19.9 Å². The second-order valence-corrected chi connectivity index (χ2v) is 2.13. The van der Waals surface area contributed by atoms with Gasteiger partial charge in [0.25, 0.3) is 5.91 Å². The lowest BCUT2D eigenvalue weighted by Crippen LogP contribution is -2.31. The summed E-state index contributed by atoms with van der Waals surface area (Å²) in [4.78, 5) is 21.2. The van der Waals surface area contributed by atoms with Gasteiger partial charge in [-0.2, -0.15) is 0 Å². The summed E-state index contributed by atoms with van der Waals surface area (Å²) in [6.45, 7) is 0. The van der Waals surface area contributed by atoms with E-state index in [1.165, 1.54) is 7.05 Å². The number of hydrogen-bond acceptors (Lipinski definition) is 3. The maximum Gasteiger partial charge on any atom is 0.306 e. The Morgan fingerprint density at radius 2 is 2.50 bits per heavy atom. The molecule has 1 amide bonds. The quantitative estimate of drug-likeness (QED) is 0.500. The molecule has 1 N–H and O–H groups in total. The van der Waals surface area contributed by atoms with E-state index in [1.54, 1.807) is 0 Å². The second-order valence-electron chi connectivity index (χ2n) is 2.13. The van der Waals surface area contributed by atoms with Gasteiger partial charge in [0.15, 0.2) is 6.10 Å². The molecule has 4 nitrogen and oxygen atoms in total. The predicted octanol–water partition coefficient (Wildman–Crippen LogP) is -0.562. The Morgan fingerprint density at radius 1 is 1.80 bits per heavy atom. The summed E-state index contributed by atoms with van der Waals surface area (Å²) in [5, 5.41) is 2.41. The molecule has 1 fully saturated rings. The predicted molar refractivity (Wildman–Crippen MR) is 33.2 cm³/mol. The van der Waals surface area contributed by atoms with Crippen LogP contribution < -0.4 is 5.32 Å². The van der Waals surface area contributed by atoms with Gasteiger partial charge in [-0.05, 0) is 0 Å². The smallest absolute Gasteiger partial charge is 0.306 e. The Kier molecular flexibility index (Phi) is 1.89. The number of likely N-dealkylation sites (N-methyl/N-ethyl adjacent to an activating group) is 1. The first-order valence-corrected chi connectivity index (χ1v) is 3.15. The molecular weight excluding hydrogens is 134 g/mol. The Hall–Kier alpha value is -1.06. The number of ether oxygens (including phenoxy) is 1. The number of carbonyl (C=O) groups excluding carboxylic acids is 2. The van der Waals surface area contributed by atoms with E-state index in [0.29, 0.717) is 12.8 Å². The first kappa shape index (κ1) is 7.05. The molecule has 0 spiro atoms. The molecule has 0 unspecified atom stereocenters. The third kappa shape index (κ3) is 1.26. The highest BCUT2D eigenvalue weighted by molar-refractivity contribution is 5.86. The molecule has 0 radical (unpaired) electrons. The summed E-state index contributed by atoms with van der Waals surface area (Å²) in [5.41, 5.74) is 0. The molecule has 1 aliphatic heterocycles. The fraction of sp³-hybridized carbons (Fsp3) is 0.667. The summed E-state index contributed by atoms with van der Waals surface area (Å²) < 4.78 is 4.66. The molecule has 0 aromatic heterocycles. The van der Waals surface area contributed by atoms with E-state index in [0.717, 1.165) is 0 Å². The van der Waals surface area contributed by atoms with Gasteiger partial charge in [-0.15, -0.1) is 0 Å². The average Bonchev–Trinajstić information content (AvgIpc) is 2.34. The molecule has 4 heteroatoms. The van der Waals surface area contributed by atoms with Crippen molar-refractivity contribution in [3.63, 3.8) is 0 Å². The van der Waals surface area contributed by atoms with Gasteiger partial charge >= 0.3 is 5.97 Å². The summed E-state index contributed by atoms with van der Waals surface area (Å²) in [6.07, 6.45) is 0.328. The van der Waals surface area contributed by atoms with Crippen molar-refractivity contribution in [2.75, 3.05) is 7.05 Å². The van der Waals surface area contributed by atoms with Gasteiger partial charge in [0.05, 0.1) is 0 Å².